The Bertz CT molecular complexity index is 686. The van der Waals surface area contributed by atoms with Crippen LogP contribution in [0.1, 0.15) is 0 Å². The van der Waals surface area contributed by atoms with Crippen LogP contribution in [0.25, 0.3) is 22.2 Å². The summed E-state index contributed by atoms with van der Waals surface area (Å²) in [7, 11) is 1.94. The Morgan fingerprint density at radius 2 is 1.71 bits per heavy atom. The lowest BCUT2D eigenvalue weighted by Crippen LogP contribution is -1.93. The van der Waals surface area contributed by atoms with Crippen LogP contribution >= 0.6 is 11.6 Å². The van der Waals surface area contributed by atoms with E-state index in [0.29, 0.717) is 0 Å². The number of benzene rings is 2. The van der Waals surface area contributed by atoms with Crippen molar-refractivity contribution in [3.05, 3.63) is 53.6 Å². The third kappa shape index (κ3) is 1.61. The van der Waals surface area contributed by atoms with E-state index in [1.165, 1.54) is 0 Å². The minimum atomic E-state index is 0.751. The Kier molecular flexibility index (Phi) is 2.37. The summed E-state index contributed by atoms with van der Waals surface area (Å²) in [5, 5.41) is 6.37. The van der Waals surface area contributed by atoms with Gasteiger partial charge in [-0.2, -0.15) is 5.10 Å². The number of fused-ring (bicyclic) bond motifs is 1. The van der Waals surface area contributed by atoms with Crippen molar-refractivity contribution in [1.29, 1.82) is 0 Å². The summed E-state index contributed by atoms with van der Waals surface area (Å²) in [5.74, 6) is 0. The van der Waals surface area contributed by atoms with Crippen LogP contribution in [0, 0.1) is 0 Å². The molecule has 17 heavy (non-hydrogen) atoms. The van der Waals surface area contributed by atoms with Crippen LogP contribution in [-0.2, 0) is 7.05 Å². The molecule has 2 nitrogen and oxygen atoms in total. The minimum absolute atomic E-state index is 0.751. The highest BCUT2D eigenvalue weighted by molar-refractivity contribution is 6.33. The number of aromatic nitrogens is 2. The van der Waals surface area contributed by atoms with Crippen LogP contribution in [0.4, 0.5) is 0 Å². The Morgan fingerprint density at radius 3 is 2.53 bits per heavy atom. The highest BCUT2D eigenvalue weighted by Gasteiger charge is 2.12. The number of aryl methyl sites for hydroxylation is 1. The largest absolute Gasteiger partial charge is 0.267 e. The molecule has 0 aliphatic carbocycles. The summed E-state index contributed by atoms with van der Waals surface area (Å²) < 4.78 is 1.88. The summed E-state index contributed by atoms with van der Waals surface area (Å²) in [5.41, 5.74) is 3.07. The number of nitrogens with zero attached hydrogens (tertiary/aromatic N) is 2. The van der Waals surface area contributed by atoms with Crippen molar-refractivity contribution in [2.75, 3.05) is 0 Å². The van der Waals surface area contributed by atoms with E-state index in [1.54, 1.807) is 0 Å². The molecule has 0 saturated heterocycles. The Morgan fingerprint density at radius 1 is 1.00 bits per heavy atom. The van der Waals surface area contributed by atoms with Crippen molar-refractivity contribution in [2.45, 2.75) is 0 Å². The second-order valence-electron chi connectivity index (χ2n) is 3.97. The van der Waals surface area contributed by atoms with E-state index in [2.05, 4.69) is 11.2 Å². The molecule has 0 aliphatic heterocycles. The van der Waals surface area contributed by atoms with Crippen molar-refractivity contribution in [2.24, 2.45) is 7.05 Å². The molecule has 0 aliphatic rings. The number of hydrogen-bond donors (Lipinski definition) is 0. The van der Waals surface area contributed by atoms with E-state index in [-0.39, 0.29) is 0 Å². The van der Waals surface area contributed by atoms with Crippen molar-refractivity contribution in [1.82, 2.24) is 9.78 Å². The predicted molar refractivity (Wildman–Crippen MR) is 71.2 cm³/mol. The van der Waals surface area contributed by atoms with E-state index in [1.807, 2.05) is 54.2 Å². The van der Waals surface area contributed by atoms with Crippen molar-refractivity contribution >= 4 is 22.5 Å². The molecule has 0 N–H and O–H groups in total. The average Bonchev–Trinajstić information content (AvgIpc) is 2.66. The van der Waals surface area contributed by atoms with Gasteiger partial charge in [0, 0.05) is 23.0 Å². The molecule has 0 bridgehead atoms. The zero-order chi connectivity index (χ0) is 11.8. The molecule has 3 aromatic rings. The Labute approximate surface area is 104 Å². The van der Waals surface area contributed by atoms with Gasteiger partial charge in [-0.15, -0.1) is 0 Å². The topological polar surface area (TPSA) is 17.8 Å². The van der Waals surface area contributed by atoms with Crippen molar-refractivity contribution in [3.63, 3.8) is 0 Å². The first-order valence-corrected chi connectivity index (χ1v) is 5.82. The van der Waals surface area contributed by atoms with E-state index < -0.39 is 0 Å². The van der Waals surface area contributed by atoms with Gasteiger partial charge in [0.05, 0.1) is 11.2 Å². The maximum absolute atomic E-state index is 6.25. The zero-order valence-electron chi connectivity index (χ0n) is 9.39. The fourth-order valence-electron chi connectivity index (χ4n) is 2.12. The highest BCUT2D eigenvalue weighted by atomic mass is 35.5. The van der Waals surface area contributed by atoms with Gasteiger partial charge in [0.2, 0.25) is 0 Å². The predicted octanol–water partition coefficient (Wildman–Crippen LogP) is 3.89. The molecule has 1 aromatic heterocycles. The van der Waals surface area contributed by atoms with Crippen LogP contribution in [0.2, 0.25) is 5.02 Å². The zero-order valence-corrected chi connectivity index (χ0v) is 10.1. The van der Waals surface area contributed by atoms with Gasteiger partial charge in [-0.25, -0.2) is 0 Å². The molecule has 0 saturated carbocycles. The van der Waals surface area contributed by atoms with Gasteiger partial charge in [-0.3, -0.25) is 4.68 Å². The van der Waals surface area contributed by atoms with Gasteiger partial charge in [-0.1, -0.05) is 48.0 Å². The van der Waals surface area contributed by atoms with E-state index in [9.17, 15) is 0 Å². The summed E-state index contributed by atoms with van der Waals surface area (Å²) in [6.07, 6.45) is 0. The fraction of sp³-hybridized carbons (Fsp3) is 0.0714. The van der Waals surface area contributed by atoms with Crippen molar-refractivity contribution in [3.8, 4) is 11.3 Å². The SMILES string of the molecule is Cn1nc2ccccc2c1-c1ccccc1Cl. The minimum Gasteiger partial charge on any atom is -0.267 e. The summed E-state index contributed by atoms with van der Waals surface area (Å²) in [6.45, 7) is 0. The van der Waals surface area contributed by atoms with E-state index in [0.717, 1.165) is 27.2 Å². The number of halogens is 1. The molecular weight excluding hydrogens is 232 g/mol. The Hall–Kier alpha value is -1.80. The molecule has 3 rings (SSSR count). The Balaban J connectivity index is 2.38. The van der Waals surface area contributed by atoms with E-state index in [4.69, 9.17) is 11.6 Å². The standard InChI is InChI=1S/C14H11ClN2/c1-17-14(10-6-2-4-8-12(10)15)11-7-3-5-9-13(11)16-17/h2-9H,1H3. The van der Waals surface area contributed by atoms with E-state index >= 15 is 0 Å². The highest BCUT2D eigenvalue weighted by Crippen LogP contribution is 2.32. The first kappa shape index (κ1) is 10.4. The monoisotopic (exact) mass is 242 g/mol. The third-order valence-corrected chi connectivity index (χ3v) is 3.20. The molecule has 84 valence electrons. The maximum Gasteiger partial charge on any atom is 0.0929 e. The summed E-state index contributed by atoms with van der Waals surface area (Å²) in [4.78, 5) is 0. The van der Waals surface area contributed by atoms with Gasteiger partial charge in [0.15, 0.2) is 0 Å². The molecule has 0 fully saturated rings. The molecule has 2 aromatic carbocycles. The first-order valence-electron chi connectivity index (χ1n) is 5.44. The molecule has 0 spiro atoms. The molecule has 0 unspecified atom stereocenters. The van der Waals surface area contributed by atoms with Crippen LogP contribution in [0.15, 0.2) is 48.5 Å². The number of rotatable bonds is 1. The van der Waals surface area contributed by atoms with Gasteiger partial charge in [0.25, 0.3) is 0 Å². The van der Waals surface area contributed by atoms with Crippen molar-refractivity contribution < 1.29 is 0 Å². The smallest absolute Gasteiger partial charge is 0.0929 e. The van der Waals surface area contributed by atoms with Gasteiger partial charge < -0.3 is 0 Å². The van der Waals surface area contributed by atoms with Crippen LogP contribution in [0.5, 0.6) is 0 Å². The van der Waals surface area contributed by atoms with Gasteiger partial charge >= 0.3 is 0 Å². The molecule has 0 amide bonds. The molecule has 1 heterocycles. The molecular formula is C14H11ClN2. The lowest BCUT2D eigenvalue weighted by molar-refractivity contribution is 0.788. The quantitative estimate of drug-likeness (QED) is 0.633. The van der Waals surface area contributed by atoms with Crippen LogP contribution in [0.3, 0.4) is 0 Å². The van der Waals surface area contributed by atoms with Crippen LogP contribution < -0.4 is 0 Å². The fourth-order valence-corrected chi connectivity index (χ4v) is 2.34. The van der Waals surface area contributed by atoms with Crippen LogP contribution in [-0.4, -0.2) is 9.78 Å². The maximum atomic E-state index is 6.25. The third-order valence-electron chi connectivity index (χ3n) is 2.87. The second-order valence-corrected chi connectivity index (χ2v) is 4.38. The van der Waals surface area contributed by atoms with Gasteiger partial charge in [-0.05, 0) is 12.1 Å². The average molecular weight is 243 g/mol. The lowest BCUT2D eigenvalue weighted by atomic mass is 10.1. The summed E-state index contributed by atoms with van der Waals surface area (Å²) in [6, 6.07) is 15.9. The van der Waals surface area contributed by atoms with Gasteiger partial charge in [0.1, 0.15) is 0 Å². The summed E-state index contributed by atoms with van der Waals surface area (Å²) >= 11 is 6.25. The lowest BCUT2D eigenvalue weighted by Gasteiger charge is -2.04. The normalized spacial score (nSPS) is 10.9. The molecule has 0 atom stereocenters. The number of hydrogen-bond acceptors (Lipinski definition) is 1. The molecule has 0 radical (unpaired) electrons. The first-order chi connectivity index (χ1) is 8.27. The molecule has 3 heteroatoms. The second kappa shape index (κ2) is 3.90.